The Labute approximate surface area is 113 Å². The van der Waals surface area contributed by atoms with Crippen molar-refractivity contribution in [3.8, 4) is 0 Å². The Kier molecular flexibility index (Phi) is 3.45. The average Bonchev–Trinajstić information content (AvgIpc) is 2.95. The van der Waals surface area contributed by atoms with Crippen LogP contribution in [0.25, 0.3) is 0 Å². The minimum Gasteiger partial charge on any atom is -0.354 e. The molecule has 1 aliphatic heterocycles. The summed E-state index contributed by atoms with van der Waals surface area (Å²) in [6.45, 7) is 1.78. The summed E-state index contributed by atoms with van der Waals surface area (Å²) in [4.78, 5) is 4.32. The Balaban J connectivity index is 1.65. The van der Waals surface area contributed by atoms with Gasteiger partial charge in [-0.1, -0.05) is 42.5 Å². The van der Waals surface area contributed by atoms with Gasteiger partial charge in [0.25, 0.3) is 0 Å². The Bertz CT molecular complexity index is 558. The van der Waals surface area contributed by atoms with Gasteiger partial charge in [0.2, 0.25) is 0 Å². The van der Waals surface area contributed by atoms with Crippen LogP contribution in [0.5, 0.6) is 0 Å². The first kappa shape index (κ1) is 11.8. The van der Waals surface area contributed by atoms with Gasteiger partial charge in [-0.25, -0.2) is 0 Å². The van der Waals surface area contributed by atoms with Crippen LogP contribution in [0.15, 0.2) is 59.6 Å². The number of hydrogen-bond acceptors (Lipinski definition) is 3. The molecule has 2 N–H and O–H groups in total. The predicted molar refractivity (Wildman–Crippen MR) is 79.6 cm³/mol. The van der Waals surface area contributed by atoms with Crippen LogP contribution in [-0.2, 0) is 6.42 Å². The smallest absolute Gasteiger partial charge is 0.195 e. The molecule has 0 radical (unpaired) electrons. The molecule has 0 saturated heterocycles. The molecule has 0 saturated carbocycles. The maximum atomic E-state index is 4.32. The van der Waals surface area contributed by atoms with E-state index in [1.807, 2.05) is 6.07 Å². The minimum atomic E-state index is 0.856. The number of nitrogens with one attached hydrogen (secondary N) is 2. The molecule has 96 valence electrons. The molecule has 0 unspecified atom stereocenters. The van der Waals surface area contributed by atoms with Crippen molar-refractivity contribution in [2.45, 2.75) is 6.42 Å². The van der Waals surface area contributed by atoms with Gasteiger partial charge in [0.1, 0.15) is 0 Å². The van der Waals surface area contributed by atoms with E-state index in [1.54, 1.807) is 0 Å². The predicted octanol–water partition coefficient (Wildman–Crippen LogP) is 2.65. The topological polar surface area (TPSA) is 36.4 Å². The molecule has 2 aromatic rings. The Hall–Kier alpha value is -2.29. The molecule has 0 aliphatic carbocycles. The maximum Gasteiger partial charge on any atom is 0.195 e. The number of rotatable bonds is 3. The van der Waals surface area contributed by atoms with Gasteiger partial charge in [-0.2, -0.15) is 0 Å². The number of hydrogen-bond donors (Lipinski definition) is 2. The Morgan fingerprint density at radius 2 is 1.68 bits per heavy atom. The SMILES string of the molecule is c1ccc(Cc2ccc(NC3=NCCN3)cc2)cc1. The second-order valence-corrected chi connectivity index (χ2v) is 4.64. The molecule has 3 nitrogen and oxygen atoms in total. The fourth-order valence-corrected chi connectivity index (χ4v) is 2.16. The summed E-state index contributed by atoms with van der Waals surface area (Å²) in [5, 5.41) is 6.47. The standard InChI is InChI=1S/C16H17N3/c1-2-4-13(5-3-1)12-14-6-8-15(9-7-14)19-16-17-10-11-18-16/h1-9H,10-12H2,(H2,17,18,19). The lowest BCUT2D eigenvalue weighted by molar-refractivity contribution is 0.959. The van der Waals surface area contributed by atoms with E-state index >= 15 is 0 Å². The number of aliphatic imine (C=N–C) groups is 1. The first-order valence-corrected chi connectivity index (χ1v) is 6.58. The molecule has 1 aliphatic rings. The molecule has 0 spiro atoms. The fourth-order valence-electron chi connectivity index (χ4n) is 2.16. The van der Waals surface area contributed by atoms with Crippen LogP contribution >= 0.6 is 0 Å². The lowest BCUT2D eigenvalue weighted by atomic mass is 10.0. The van der Waals surface area contributed by atoms with Crippen LogP contribution < -0.4 is 10.6 Å². The van der Waals surface area contributed by atoms with Gasteiger partial charge >= 0.3 is 0 Å². The molecule has 19 heavy (non-hydrogen) atoms. The Morgan fingerprint density at radius 1 is 0.947 bits per heavy atom. The molecule has 3 heteroatoms. The van der Waals surface area contributed by atoms with Gasteiger partial charge in [0, 0.05) is 12.2 Å². The van der Waals surface area contributed by atoms with Gasteiger partial charge in [0.15, 0.2) is 5.96 Å². The van der Waals surface area contributed by atoms with Gasteiger partial charge in [-0.15, -0.1) is 0 Å². The van der Waals surface area contributed by atoms with E-state index in [2.05, 4.69) is 64.2 Å². The molecule has 0 atom stereocenters. The molecule has 0 amide bonds. The third kappa shape index (κ3) is 3.13. The van der Waals surface area contributed by atoms with Crippen molar-refractivity contribution < 1.29 is 0 Å². The van der Waals surface area contributed by atoms with Crippen LogP contribution in [-0.4, -0.2) is 19.0 Å². The summed E-state index contributed by atoms with van der Waals surface area (Å²) in [5.74, 6) is 0.871. The lowest BCUT2D eigenvalue weighted by Gasteiger charge is -2.07. The van der Waals surface area contributed by atoms with E-state index < -0.39 is 0 Å². The van der Waals surface area contributed by atoms with Crippen molar-refractivity contribution in [1.82, 2.24) is 5.32 Å². The Morgan fingerprint density at radius 3 is 2.37 bits per heavy atom. The number of anilines is 1. The lowest BCUT2D eigenvalue weighted by Crippen LogP contribution is -2.26. The third-order valence-corrected chi connectivity index (χ3v) is 3.14. The van der Waals surface area contributed by atoms with E-state index in [0.717, 1.165) is 31.2 Å². The number of nitrogens with zero attached hydrogens (tertiary/aromatic N) is 1. The van der Waals surface area contributed by atoms with Crippen molar-refractivity contribution in [3.05, 3.63) is 65.7 Å². The summed E-state index contributed by atoms with van der Waals surface area (Å²) < 4.78 is 0. The number of guanidine groups is 1. The maximum absolute atomic E-state index is 4.32. The van der Waals surface area contributed by atoms with Gasteiger partial charge < -0.3 is 10.6 Å². The van der Waals surface area contributed by atoms with E-state index in [4.69, 9.17) is 0 Å². The largest absolute Gasteiger partial charge is 0.354 e. The zero-order valence-corrected chi connectivity index (χ0v) is 10.8. The van der Waals surface area contributed by atoms with E-state index in [1.165, 1.54) is 11.1 Å². The zero-order chi connectivity index (χ0) is 12.9. The van der Waals surface area contributed by atoms with Gasteiger partial charge in [0.05, 0.1) is 6.54 Å². The number of benzene rings is 2. The van der Waals surface area contributed by atoms with Crippen molar-refractivity contribution in [1.29, 1.82) is 0 Å². The molecule has 3 rings (SSSR count). The molecule has 0 aromatic heterocycles. The van der Waals surface area contributed by atoms with Crippen LogP contribution in [0.3, 0.4) is 0 Å². The monoisotopic (exact) mass is 251 g/mol. The average molecular weight is 251 g/mol. The quantitative estimate of drug-likeness (QED) is 0.880. The van der Waals surface area contributed by atoms with Crippen LogP contribution in [0.2, 0.25) is 0 Å². The van der Waals surface area contributed by atoms with E-state index in [0.29, 0.717) is 0 Å². The van der Waals surface area contributed by atoms with Crippen molar-refractivity contribution in [2.24, 2.45) is 4.99 Å². The highest BCUT2D eigenvalue weighted by molar-refractivity contribution is 5.94. The van der Waals surface area contributed by atoms with E-state index in [9.17, 15) is 0 Å². The summed E-state index contributed by atoms with van der Waals surface area (Å²) in [6, 6.07) is 19.0. The zero-order valence-electron chi connectivity index (χ0n) is 10.8. The highest BCUT2D eigenvalue weighted by Crippen LogP contribution is 2.13. The summed E-state index contributed by atoms with van der Waals surface area (Å²) in [5.41, 5.74) is 3.73. The first-order chi connectivity index (χ1) is 9.40. The van der Waals surface area contributed by atoms with Crippen LogP contribution in [0.1, 0.15) is 11.1 Å². The summed E-state index contributed by atoms with van der Waals surface area (Å²) in [7, 11) is 0. The van der Waals surface area contributed by atoms with Crippen LogP contribution in [0.4, 0.5) is 5.69 Å². The minimum absolute atomic E-state index is 0.856. The highest BCUT2D eigenvalue weighted by atomic mass is 15.2. The van der Waals surface area contributed by atoms with Crippen molar-refractivity contribution >= 4 is 11.6 Å². The second-order valence-electron chi connectivity index (χ2n) is 4.64. The first-order valence-electron chi connectivity index (χ1n) is 6.58. The van der Waals surface area contributed by atoms with Gasteiger partial charge in [-0.3, -0.25) is 4.99 Å². The molecule has 0 bridgehead atoms. The summed E-state index contributed by atoms with van der Waals surface area (Å²) >= 11 is 0. The third-order valence-electron chi connectivity index (χ3n) is 3.14. The fraction of sp³-hybridized carbons (Fsp3) is 0.188. The van der Waals surface area contributed by atoms with Crippen LogP contribution in [0, 0.1) is 0 Å². The summed E-state index contributed by atoms with van der Waals surface area (Å²) in [6.07, 6.45) is 0.973. The second kappa shape index (κ2) is 5.57. The molecular formula is C16H17N3. The van der Waals surface area contributed by atoms with Crippen molar-refractivity contribution in [2.75, 3.05) is 18.4 Å². The molecule has 1 heterocycles. The highest BCUT2D eigenvalue weighted by Gasteiger charge is 2.04. The molecule has 2 aromatic carbocycles. The van der Waals surface area contributed by atoms with E-state index in [-0.39, 0.29) is 0 Å². The van der Waals surface area contributed by atoms with Crippen molar-refractivity contribution in [3.63, 3.8) is 0 Å². The molecule has 0 fully saturated rings. The van der Waals surface area contributed by atoms with Gasteiger partial charge in [-0.05, 0) is 29.7 Å². The molecular weight excluding hydrogens is 234 g/mol. The normalized spacial score (nSPS) is 13.8.